The van der Waals surface area contributed by atoms with Crippen molar-refractivity contribution in [1.29, 1.82) is 0 Å². The van der Waals surface area contributed by atoms with Gasteiger partial charge < -0.3 is 10.6 Å². The Morgan fingerprint density at radius 3 is 2.37 bits per heavy atom. The Labute approximate surface area is 161 Å². The summed E-state index contributed by atoms with van der Waals surface area (Å²) >= 11 is 1.58. The van der Waals surface area contributed by atoms with Gasteiger partial charge in [-0.3, -0.25) is 14.9 Å². The van der Waals surface area contributed by atoms with Crippen molar-refractivity contribution in [3.05, 3.63) is 58.1 Å². The molecule has 0 fully saturated rings. The summed E-state index contributed by atoms with van der Waals surface area (Å²) in [4.78, 5) is 23.5. The van der Waals surface area contributed by atoms with E-state index in [2.05, 4.69) is 10.6 Å². The van der Waals surface area contributed by atoms with Gasteiger partial charge in [-0.1, -0.05) is 0 Å². The third-order valence-corrected chi connectivity index (χ3v) is 5.53. The first-order valence-corrected chi connectivity index (χ1v) is 11.0. The molecule has 0 aliphatic heterocycles. The number of nitro groups is 1. The maximum Gasteiger partial charge on any atom is 0.293 e. The first kappa shape index (κ1) is 20.7. The first-order valence-electron chi connectivity index (χ1n) is 7.87. The van der Waals surface area contributed by atoms with Gasteiger partial charge in [0.25, 0.3) is 11.6 Å². The van der Waals surface area contributed by atoms with E-state index in [-0.39, 0.29) is 35.3 Å². The number of benzene rings is 2. The number of hydrogen-bond donors (Lipinski definition) is 2. The largest absolute Gasteiger partial charge is 0.378 e. The van der Waals surface area contributed by atoms with Gasteiger partial charge in [0.1, 0.15) is 5.69 Å². The van der Waals surface area contributed by atoms with Crippen LogP contribution >= 0.6 is 11.8 Å². The quantitative estimate of drug-likeness (QED) is 0.298. The average molecular weight is 409 g/mol. The van der Waals surface area contributed by atoms with Gasteiger partial charge in [0.2, 0.25) is 0 Å². The van der Waals surface area contributed by atoms with Crippen molar-refractivity contribution in [2.75, 3.05) is 30.9 Å². The second-order valence-electron chi connectivity index (χ2n) is 5.62. The zero-order valence-electron chi connectivity index (χ0n) is 14.8. The monoisotopic (exact) mass is 409 g/mol. The summed E-state index contributed by atoms with van der Waals surface area (Å²) in [6, 6.07) is 10.8. The topological polar surface area (TPSA) is 118 Å². The molecule has 0 aromatic heterocycles. The van der Waals surface area contributed by atoms with Crippen LogP contribution < -0.4 is 10.6 Å². The molecule has 2 rings (SSSR count). The normalized spacial score (nSPS) is 11.0. The molecule has 0 radical (unpaired) electrons. The molecule has 0 heterocycles. The number of thioether (sulfide) groups is 1. The Balaban J connectivity index is 1.96. The number of hydrogen-bond acceptors (Lipinski definition) is 7. The molecule has 0 aliphatic rings. The molecule has 0 bridgehead atoms. The van der Waals surface area contributed by atoms with Gasteiger partial charge in [0.15, 0.2) is 9.84 Å². The van der Waals surface area contributed by atoms with Crippen LogP contribution in [-0.4, -0.2) is 44.8 Å². The Hall–Kier alpha value is -2.59. The summed E-state index contributed by atoms with van der Waals surface area (Å²) < 4.78 is 23.1. The summed E-state index contributed by atoms with van der Waals surface area (Å²) in [7, 11) is -3.54. The molecule has 1 amide bonds. The van der Waals surface area contributed by atoms with Gasteiger partial charge >= 0.3 is 0 Å². The standard InChI is InChI=1S/C17H19N3O5S2/c1-26-13-5-3-12(4-6-13)17(21)19-10-9-18-15-8-7-14(27(2,24)25)11-16(15)20(22)23/h3-8,11,18H,9-10H2,1-2H3,(H,19,21). The molecular weight excluding hydrogens is 390 g/mol. The van der Waals surface area contributed by atoms with Crippen molar-refractivity contribution in [3.8, 4) is 0 Å². The molecule has 10 heteroatoms. The molecule has 0 unspecified atom stereocenters. The third kappa shape index (κ3) is 5.69. The summed E-state index contributed by atoms with van der Waals surface area (Å²) in [5.41, 5.74) is 0.374. The highest BCUT2D eigenvalue weighted by Gasteiger charge is 2.18. The van der Waals surface area contributed by atoms with Crippen molar-refractivity contribution in [1.82, 2.24) is 5.32 Å². The van der Waals surface area contributed by atoms with Crippen LogP contribution in [0.5, 0.6) is 0 Å². The maximum atomic E-state index is 12.1. The molecule has 2 aromatic carbocycles. The molecule has 0 saturated heterocycles. The van der Waals surface area contributed by atoms with Crippen LogP contribution in [0.25, 0.3) is 0 Å². The number of nitrogens with zero attached hydrogens (tertiary/aromatic N) is 1. The predicted molar refractivity (Wildman–Crippen MR) is 105 cm³/mol. The maximum absolute atomic E-state index is 12.1. The minimum absolute atomic E-state index is 0.123. The van der Waals surface area contributed by atoms with Crippen molar-refractivity contribution < 1.29 is 18.1 Å². The lowest BCUT2D eigenvalue weighted by Crippen LogP contribution is -2.28. The minimum atomic E-state index is -3.54. The Kier molecular flexibility index (Phi) is 6.81. The van der Waals surface area contributed by atoms with Crippen LogP contribution in [0, 0.1) is 10.1 Å². The van der Waals surface area contributed by atoms with E-state index in [4.69, 9.17) is 0 Å². The van der Waals surface area contributed by atoms with E-state index in [0.717, 1.165) is 17.2 Å². The van der Waals surface area contributed by atoms with Gasteiger partial charge in [-0.25, -0.2) is 8.42 Å². The van der Waals surface area contributed by atoms with Crippen molar-refractivity contribution in [3.63, 3.8) is 0 Å². The number of anilines is 1. The lowest BCUT2D eigenvalue weighted by Gasteiger charge is -2.09. The number of rotatable bonds is 8. The zero-order valence-corrected chi connectivity index (χ0v) is 16.4. The number of nitrogens with one attached hydrogen (secondary N) is 2. The fourth-order valence-electron chi connectivity index (χ4n) is 2.26. The Bertz CT molecular complexity index is 944. The van der Waals surface area contributed by atoms with Gasteiger partial charge in [-0.05, 0) is 42.7 Å². The highest BCUT2D eigenvalue weighted by Crippen LogP contribution is 2.27. The van der Waals surface area contributed by atoms with Crippen LogP contribution in [-0.2, 0) is 9.84 Å². The molecule has 2 N–H and O–H groups in total. The highest BCUT2D eigenvalue weighted by atomic mass is 32.2. The van der Waals surface area contributed by atoms with Gasteiger partial charge in [0.05, 0.1) is 9.82 Å². The second kappa shape index (κ2) is 8.87. The smallest absolute Gasteiger partial charge is 0.293 e. The molecule has 27 heavy (non-hydrogen) atoms. The zero-order chi connectivity index (χ0) is 20.0. The lowest BCUT2D eigenvalue weighted by molar-refractivity contribution is -0.384. The molecule has 0 atom stereocenters. The van der Waals surface area contributed by atoms with Gasteiger partial charge in [0, 0.05) is 35.9 Å². The summed E-state index contributed by atoms with van der Waals surface area (Å²) in [5, 5.41) is 16.7. The number of sulfone groups is 1. The fraction of sp³-hybridized carbons (Fsp3) is 0.235. The van der Waals surface area contributed by atoms with E-state index in [9.17, 15) is 23.3 Å². The van der Waals surface area contributed by atoms with E-state index >= 15 is 0 Å². The minimum Gasteiger partial charge on any atom is -0.378 e. The second-order valence-corrected chi connectivity index (χ2v) is 8.51. The van der Waals surface area contributed by atoms with Crippen molar-refractivity contribution in [2.24, 2.45) is 0 Å². The average Bonchev–Trinajstić information content (AvgIpc) is 2.64. The van der Waals surface area contributed by atoms with Crippen molar-refractivity contribution in [2.45, 2.75) is 9.79 Å². The van der Waals surface area contributed by atoms with Crippen LogP contribution in [0.3, 0.4) is 0 Å². The molecule has 144 valence electrons. The number of carbonyl (C=O) groups is 1. The molecule has 0 saturated carbocycles. The SMILES string of the molecule is CSc1ccc(C(=O)NCCNc2ccc(S(C)(=O)=O)cc2[N+](=O)[O-])cc1. The van der Waals surface area contributed by atoms with E-state index in [1.54, 1.807) is 23.9 Å². The molecule has 8 nitrogen and oxygen atoms in total. The van der Waals surface area contributed by atoms with Crippen LogP contribution in [0.4, 0.5) is 11.4 Å². The van der Waals surface area contributed by atoms with Crippen molar-refractivity contribution >= 4 is 38.9 Å². The number of nitro benzene ring substituents is 1. The summed E-state index contributed by atoms with van der Waals surface area (Å²) in [6.45, 7) is 0.488. The first-order chi connectivity index (χ1) is 12.7. The lowest BCUT2D eigenvalue weighted by atomic mass is 10.2. The van der Waals surface area contributed by atoms with Crippen LogP contribution in [0.15, 0.2) is 52.3 Å². The Morgan fingerprint density at radius 1 is 1.15 bits per heavy atom. The Morgan fingerprint density at radius 2 is 1.81 bits per heavy atom. The van der Waals surface area contributed by atoms with E-state index < -0.39 is 14.8 Å². The molecule has 2 aromatic rings. The molecular formula is C17H19N3O5S2. The van der Waals surface area contributed by atoms with Crippen LogP contribution in [0.1, 0.15) is 10.4 Å². The van der Waals surface area contributed by atoms with Gasteiger partial charge in [-0.2, -0.15) is 0 Å². The van der Waals surface area contributed by atoms with Crippen LogP contribution in [0.2, 0.25) is 0 Å². The molecule has 0 spiro atoms. The molecule has 0 aliphatic carbocycles. The predicted octanol–water partition coefficient (Wildman–Crippen LogP) is 2.56. The van der Waals surface area contributed by atoms with E-state index in [1.165, 1.54) is 12.1 Å². The summed E-state index contributed by atoms with van der Waals surface area (Å²) in [6.07, 6.45) is 2.93. The highest BCUT2D eigenvalue weighted by molar-refractivity contribution is 7.98. The number of amides is 1. The third-order valence-electron chi connectivity index (χ3n) is 3.67. The van der Waals surface area contributed by atoms with E-state index in [0.29, 0.717) is 5.56 Å². The van der Waals surface area contributed by atoms with E-state index in [1.807, 2.05) is 18.4 Å². The van der Waals surface area contributed by atoms with Gasteiger partial charge in [-0.15, -0.1) is 11.8 Å². The number of carbonyl (C=O) groups excluding carboxylic acids is 1. The summed E-state index contributed by atoms with van der Waals surface area (Å²) in [5.74, 6) is -0.244. The fourth-order valence-corrected chi connectivity index (χ4v) is 3.31.